The number of nitrogens with one attached hydrogen (secondary N) is 1. The first-order valence-electron chi connectivity index (χ1n) is 5.25. The van der Waals surface area contributed by atoms with Crippen LogP contribution in [0.3, 0.4) is 0 Å². The lowest BCUT2D eigenvalue weighted by Crippen LogP contribution is -2.13. The molecule has 0 aliphatic rings. The summed E-state index contributed by atoms with van der Waals surface area (Å²) >= 11 is 1.88. The first-order chi connectivity index (χ1) is 6.76. The van der Waals surface area contributed by atoms with Crippen LogP contribution in [-0.2, 0) is 0 Å². The molecule has 1 aromatic rings. The standard InChI is InChI=1S/C12H19NS/c1-4-10(3)13-11-7-6-8-12(9-11)14-5-2/h6-10,13H,4-5H2,1-3H3. The van der Waals surface area contributed by atoms with Crippen LogP contribution in [0.25, 0.3) is 0 Å². The smallest absolute Gasteiger partial charge is 0.0353 e. The van der Waals surface area contributed by atoms with E-state index in [2.05, 4.69) is 50.4 Å². The summed E-state index contributed by atoms with van der Waals surface area (Å²) in [6.07, 6.45) is 1.16. The van der Waals surface area contributed by atoms with Crippen LogP contribution in [0, 0.1) is 0 Å². The molecule has 0 aromatic heterocycles. The highest BCUT2D eigenvalue weighted by molar-refractivity contribution is 7.99. The lowest BCUT2D eigenvalue weighted by Gasteiger charge is -2.13. The van der Waals surface area contributed by atoms with Crippen molar-refractivity contribution >= 4 is 17.4 Å². The molecule has 0 heterocycles. The molecule has 78 valence electrons. The van der Waals surface area contributed by atoms with Gasteiger partial charge in [-0.3, -0.25) is 0 Å². The van der Waals surface area contributed by atoms with Crippen LogP contribution in [0.1, 0.15) is 27.2 Å². The molecule has 0 bridgehead atoms. The van der Waals surface area contributed by atoms with Gasteiger partial charge in [0.25, 0.3) is 0 Å². The first kappa shape index (κ1) is 11.4. The minimum absolute atomic E-state index is 0.553. The summed E-state index contributed by atoms with van der Waals surface area (Å²) in [5.41, 5.74) is 1.23. The Kier molecular flexibility index (Phi) is 4.88. The maximum absolute atomic E-state index is 3.48. The molecule has 14 heavy (non-hydrogen) atoms. The van der Waals surface area contributed by atoms with Gasteiger partial charge in [0.05, 0.1) is 0 Å². The van der Waals surface area contributed by atoms with Crippen molar-refractivity contribution in [2.75, 3.05) is 11.1 Å². The maximum Gasteiger partial charge on any atom is 0.0353 e. The lowest BCUT2D eigenvalue weighted by molar-refractivity contribution is 0.764. The minimum Gasteiger partial charge on any atom is -0.383 e. The summed E-state index contributed by atoms with van der Waals surface area (Å²) < 4.78 is 0. The van der Waals surface area contributed by atoms with Gasteiger partial charge >= 0.3 is 0 Å². The maximum atomic E-state index is 3.48. The molecule has 0 aliphatic heterocycles. The molecule has 0 fully saturated rings. The molecule has 0 saturated carbocycles. The molecule has 0 saturated heterocycles. The molecular weight excluding hydrogens is 190 g/mol. The van der Waals surface area contributed by atoms with Gasteiger partial charge < -0.3 is 5.32 Å². The Morgan fingerprint density at radius 1 is 1.36 bits per heavy atom. The highest BCUT2D eigenvalue weighted by Gasteiger charge is 1.99. The van der Waals surface area contributed by atoms with Gasteiger partial charge in [-0.15, -0.1) is 11.8 Å². The predicted molar refractivity (Wildman–Crippen MR) is 66.2 cm³/mol. The van der Waals surface area contributed by atoms with Gasteiger partial charge in [-0.2, -0.15) is 0 Å². The van der Waals surface area contributed by atoms with E-state index < -0.39 is 0 Å². The third kappa shape index (κ3) is 3.62. The van der Waals surface area contributed by atoms with Crippen molar-refractivity contribution in [2.45, 2.75) is 38.1 Å². The summed E-state index contributed by atoms with van der Waals surface area (Å²) in [5, 5.41) is 3.48. The van der Waals surface area contributed by atoms with E-state index in [0.29, 0.717) is 6.04 Å². The average molecular weight is 209 g/mol. The molecule has 1 nitrogen and oxygen atoms in total. The van der Waals surface area contributed by atoms with Crippen LogP contribution < -0.4 is 5.32 Å². The zero-order chi connectivity index (χ0) is 10.4. The van der Waals surface area contributed by atoms with Gasteiger partial charge in [0.1, 0.15) is 0 Å². The largest absolute Gasteiger partial charge is 0.383 e. The van der Waals surface area contributed by atoms with Gasteiger partial charge in [0, 0.05) is 16.6 Å². The van der Waals surface area contributed by atoms with Crippen LogP contribution in [0.4, 0.5) is 5.69 Å². The Balaban J connectivity index is 2.63. The van der Waals surface area contributed by atoms with Crippen LogP contribution in [0.2, 0.25) is 0 Å². The third-order valence-corrected chi connectivity index (χ3v) is 3.05. The van der Waals surface area contributed by atoms with E-state index >= 15 is 0 Å². The second kappa shape index (κ2) is 5.97. The molecule has 1 N–H and O–H groups in total. The Morgan fingerprint density at radius 3 is 2.79 bits per heavy atom. The number of benzene rings is 1. The van der Waals surface area contributed by atoms with Gasteiger partial charge in [-0.05, 0) is 37.3 Å². The molecule has 0 aliphatic carbocycles. The summed E-state index contributed by atoms with van der Waals surface area (Å²) in [6.45, 7) is 6.58. The number of hydrogen-bond donors (Lipinski definition) is 1. The fraction of sp³-hybridized carbons (Fsp3) is 0.500. The molecule has 0 radical (unpaired) electrons. The van der Waals surface area contributed by atoms with E-state index in [4.69, 9.17) is 0 Å². The summed E-state index contributed by atoms with van der Waals surface area (Å²) in [5.74, 6) is 1.13. The van der Waals surface area contributed by atoms with Crippen molar-refractivity contribution in [1.29, 1.82) is 0 Å². The van der Waals surface area contributed by atoms with Crippen molar-refractivity contribution in [2.24, 2.45) is 0 Å². The van der Waals surface area contributed by atoms with Gasteiger partial charge in [0.15, 0.2) is 0 Å². The van der Waals surface area contributed by atoms with Crippen molar-refractivity contribution in [3.63, 3.8) is 0 Å². The number of hydrogen-bond acceptors (Lipinski definition) is 2. The van der Waals surface area contributed by atoms with Crippen molar-refractivity contribution in [3.8, 4) is 0 Å². The first-order valence-corrected chi connectivity index (χ1v) is 6.24. The van der Waals surface area contributed by atoms with Gasteiger partial charge in [0.2, 0.25) is 0 Å². The van der Waals surface area contributed by atoms with E-state index in [9.17, 15) is 0 Å². The number of anilines is 1. The van der Waals surface area contributed by atoms with Crippen LogP contribution >= 0.6 is 11.8 Å². The fourth-order valence-electron chi connectivity index (χ4n) is 1.23. The molecular formula is C12H19NS. The average Bonchev–Trinajstić information content (AvgIpc) is 2.19. The summed E-state index contributed by atoms with van der Waals surface area (Å²) in [6, 6.07) is 9.18. The van der Waals surface area contributed by atoms with E-state index in [-0.39, 0.29) is 0 Å². The SMILES string of the molecule is CCSc1cccc(NC(C)CC)c1. The molecule has 1 aromatic carbocycles. The van der Waals surface area contributed by atoms with Crippen LogP contribution in [0.15, 0.2) is 29.2 Å². The fourth-order valence-corrected chi connectivity index (χ4v) is 1.95. The van der Waals surface area contributed by atoms with Crippen molar-refractivity contribution in [3.05, 3.63) is 24.3 Å². The minimum atomic E-state index is 0.553. The number of thioether (sulfide) groups is 1. The zero-order valence-corrected chi connectivity index (χ0v) is 10.0. The van der Waals surface area contributed by atoms with E-state index in [0.717, 1.165) is 12.2 Å². The Labute approximate surface area is 91.3 Å². The Hall–Kier alpha value is -0.630. The molecule has 0 spiro atoms. The second-order valence-electron chi connectivity index (χ2n) is 3.41. The monoisotopic (exact) mass is 209 g/mol. The summed E-state index contributed by atoms with van der Waals surface area (Å²) in [7, 11) is 0. The molecule has 1 rings (SSSR count). The quantitative estimate of drug-likeness (QED) is 0.735. The number of rotatable bonds is 5. The molecule has 1 atom stereocenters. The summed E-state index contributed by atoms with van der Waals surface area (Å²) in [4.78, 5) is 1.35. The van der Waals surface area contributed by atoms with Gasteiger partial charge in [-0.1, -0.05) is 19.9 Å². The van der Waals surface area contributed by atoms with E-state index in [1.54, 1.807) is 0 Å². The highest BCUT2D eigenvalue weighted by Crippen LogP contribution is 2.21. The third-order valence-electron chi connectivity index (χ3n) is 2.17. The Bertz CT molecular complexity index is 273. The lowest BCUT2D eigenvalue weighted by atomic mass is 10.2. The van der Waals surface area contributed by atoms with Crippen molar-refractivity contribution < 1.29 is 0 Å². The normalized spacial score (nSPS) is 12.5. The molecule has 1 unspecified atom stereocenters. The molecule has 2 heteroatoms. The topological polar surface area (TPSA) is 12.0 Å². The van der Waals surface area contributed by atoms with Crippen LogP contribution in [0.5, 0.6) is 0 Å². The van der Waals surface area contributed by atoms with Gasteiger partial charge in [-0.25, -0.2) is 0 Å². The van der Waals surface area contributed by atoms with Crippen LogP contribution in [-0.4, -0.2) is 11.8 Å². The molecule has 0 amide bonds. The Morgan fingerprint density at radius 2 is 2.14 bits per heavy atom. The van der Waals surface area contributed by atoms with E-state index in [1.165, 1.54) is 10.6 Å². The van der Waals surface area contributed by atoms with E-state index in [1.807, 2.05) is 11.8 Å². The van der Waals surface area contributed by atoms with Crippen molar-refractivity contribution in [1.82, 2.24) is 0 Å². The second-order valence-corrected chi connectivity index (χ2v) is 4.75. The zero-order valence-electron chi connectivity index (χ0n) is 9.21. The highest BCUT2D eigenvalue weighted by atomic mass is 32.2. The predicted octanol–water partition coefficient (Wildman–Crippen LogP) is 4.01.